The molecule has 3 heterocycles. The third kappa shape index (κ3) is 4.58. The van der Waals surface area contributed by atoms with E-state index in [0.29, 0.717) is 40.5 Å². The molecular formula is C26H22BrN3O3S. The lowest BCUT2D eigenvalue weighted by Gasteiger charge is -2.31. The van der Waals surface area contributed by atoms with Gasteiger partial charge in [-0.25, -0.2) is 9.97 Å². The Labute approximate surface area is 209 Å². The number of benzene rings is 2. The van der Waals surface area contributed by atoms with Crippen LogP contribution in [0.4, 0.5) is 0 Å². The van der Waals surface area contributed by atoms with Gasteiger partial charge >= 0.3 is 0 Å². The largest absolute Gasteiger partial charge is 0.369 e. The van der Waals surface area contributed by atoms with Crippen molar-refractivity contribution in [2.24, 2.45) is 0 Å². The molecule has 0 amide bonds. The maximum atomic E-state index is 13.7. The van der Waals surface area contributed by atoms with Gasteiger partial charge in [0.1, 0.15) is 0 Å². The van der Waals surface area contributed by atoms with Crippen LogP contribution in [0.5, 0.6) is 0 Å². The zero-order valence-corrected chi connectivity index (χ0v) is 21.1. The second kappa shape index (κ2) is 9.09. The minimum atomic E-state index is -0.308. The first-order valence-electron chi connectivity index (χ1n) is 10.9. The Bertz CT molecular complexity index is 1450. The zero-order chi connectivity index (χ0) is 23.9. The van der Waals surface area contributed by atoms with E-state index in [1.165, 1.54) is 11.8 Å². The topological polar surface area (TPSA) is 74.1 Å². The summed E-state index contributed by atoms with van der Waals surface area (Å²) in [6.07, 6.45) is 0.675. The molecule has 0 fully saturated rings. The van der Waals surface area contributed by atoms with Gasteiger partial charge in [-0.3, -0.25) is 14.2 Å². The molecule has 0 radical (unpaired) electrons. The fourth-order valence-electron chi connectivity index (χ4n) is 3.97. The van der Waals surface area contributed by atoms with Gasteiger partial charge in [0, 0.05) is 16.5 Å². The number of carbonyl (C=O) groups excluding carboxylic acids is 1. The molecule has 1 aliphatic rings. The lowest BCUT2D eigenvalue weighted by atomic mass is 9.94. The maximum Gasteiger partial charge on any atom is 0.268 e. The van der Waals surface area contributed by atoms with E-state index in [-0.39, 0.29) is 22.7 Å². The van der Waals surface area contributed by atoms with Gasteiger partial charge in [0.25, 0.3) is 5.56 Å². The third-order valence-corrected chi connectivity index (χ3v) is 7.19. The number of halogens is 1. The van der Waals surface area contributed by atoms with Crippen molar-refractivity contribution < 1.29 is 9.53 Å². The Balaban J connectivity index is 1.59. The predicted octanol–water partition coefficient (Wildman–Crippen LogP) is 5.37. The highest BCUT2D eigenvalue weighted by atomic mass is 79.9. The summed E-state index contributed by atoms with van der Waals surface area (Å²) in [5.41, 5.74) is 2.98. The fraction of sp³-hybridized carbons (Fsp3) is 0.231. The lowest BCUT2D eigenvalue weighted by Crippen LogP contribution is -2.33. The molecule has 0 N–H and O–H groups in total. The quantitative estimate of drug-likeness (QED) is 0.194. The van der Waals surface area contributed by atoms with E-state index < -0.39 is 0 Å². The van der Waals surface area contributed by atoms with Gasteiger partial charge in [0.2, 0.25) is 0 Å². The first-order chi connectivity index (χ1) is 16.3. The van der Waals surface area contributed by atoms with Crippen molar-refractivity contribution in [2.75, 3.05) is 5.75 Å². The Morgan fingerprint density at radius 1 is 1.12 bits per heavy atom. The number of thioether (sulfide) groups is 1. The van der Waals surface area contributed by atoms with Crippen LogP contribution in [-0.2, 0) is 17.8 Å². The van der Waals surface area contributed by atoms with E-state index in [2.05, 4.69) is 20.9 Å². The third-order valence-electron chi connectivity index (χ3n) is 5.73. The Kier molecular flexibility index (Phi) is 6.14. The summed E-state index contributed by atoms with van der Waals surface area (Å²) >= 11 is 4.62. The number of carbonyl (C=O) groups is 1. The molecule has 0 unspecified atom stereocenters. The molecule has 0 aliphatic carbocycles. The smallest absolute Gasteiger partial charge is 0.268 e. The average molecular weight is 536 g/mol. The lowest BCUT2D eigenvalue weighted by molar-refractivity contribution is -0.0418. The van der Waals surface area contributed by atoms with Crippen LogP contribution in [0.1, 0.15) is 35.5 Å². The summed E-state index contributed by atoms with van der Waals surface area (Å²) in [6, 6.07) is 18.5. The molecule has 2 aromatic heterocycles. The van der Waals surface area contributed by atoms with E-state index in [4.69, 9.17) is 9.72 Å². The normalized spacial score (nSPS) is 14.7. The molecule has 0 spiro atoms. The van der Waals surface area contributed by atoms with Crippen molar-refractivity contribution in [3.05, 3.63) is 92.3 Å². The zero-order valence-electron chi connectivity index (χ0n) is 18.7. The van der Waals surface area contributed by atoms with Crippen molar-refractivity contribution in [1.82, 2.24) is 14.5 Å². The van der Waals surface area contributed by atoms with Crippen molar-refractivity contribution >= 4 is 44.5 Å². The first-order valence-corrected chi connectivity index (χ1v) is 12.7. The molecule has 6 nitrogen and oxygen atoms in total. The highest BCUT2D eigenvalue weighted by Crippen LogP contribution is 2.29. The Morgan fingerprint density at radius 2 is 1.85 bits per heavy atom. The van der Waals surface area contributed by atoms with Crippen LogP contribution in [0, 0.1) is 0 Å². The van der Waals surface area contributed by atoms with E-state index in [1.807, 2.05) is 62.4 Å². The maximum absolute atomic E-state index is 13.7. The second-order valence-electron chi connectivity index (χ2n) is 8.78. The number of ketones is 1. The van der Waals surface area contributed by atoms with Crippen LogP contribution in [-0.4, -0.2) is 31.7 Å². The number of hydrogen-bond acceptors (Lipinski definition) is 6. The molecule has 5 rings (SSSR count). The summed E-state index contributed by atoms with van der Waals surface area (Å²) in [4.78, 5) is 35.9. The number of Topliss-reactive ketones (excluding diaryl/α,β-unsaturated/α-hetero) is 1. The number of ether oxygens (including phenoxy) is 1. The van der Waals surface area contributed by atoms with Gasteiger partial charge in [0.05, 0.1) is 34.7 Å². The molecule has 4 aromatic rings. The molecule has 0 saturated heterocycles. The average Bonchev–Trinajstić information content (AvgIpc) is 2.82. The number of pyridine rings is 1. The summed E-state index contributed by atoms with van der Waals surface area (Å²) < 4.78 is 8.38. The fourth-order valence-corrected chi connectivity index (χ4v) is 5.13. The van der Waals surface area contributed by atoms with Crippen molar-refractivity contribution in [2.45, 2.75) is 37.6 Å². The van der Waals surface area contributed by atoms with Gasteiger partial charge in [-0.15, -0.1) is 0 Å². The molecule has 0 atom stereocenters. The van der Waals surface area contributed by atoms with Crippen LogP contribution in [0.25, 0.3) is 16.7 Å². The van der Waals surface area contributed by atoms with Gasteiger partial charge in [-0.05, 0) is 49.7 Å². The van der Waals surface area contributed by atoms with Crippen LogP contribution < -0.4 is 5.56 Å². The minimum Gasteiger partial charge on any atom is -0.369 e. The van der Waals surface area contributed by atoms with Gasteiger partial charge in [-0.1, -0.05) is 58.0 Å². The summed E-state index contributed by atoms with van der Waals surface area (Å²) in [7, 11) is 0. The standard InChI is InChI=1S/C26H22BrN3O3S/c1-26(2)13-17-12-20-23(28-21(17)14-33-26)29-25(30(24(20)32)19-6-4-3-5-7-19)34-15-22(31)16-8-10-18(27)11-9-16/h3-12H,13-15H2,1-2H3. The Morgan fingerprint density at radius 3 is 2.59 bits per heavy atom. The number of para-hydroxylation sites is 1. The molecule has 172 valence electrons. The molecule has 0 saturated carbocycles. The van der Waals surface area contributed by atoms with Crippen LogP contribution in [0.2, 0.25) is 0 Å². The van der Waals surface area contributed by atoms with Gasteiger partial charge < -0.3 is 4.74 Å². The van der Waals surface area contributed by atoms with Crippen molar-refractivity contribution in [3.8, 4) is 5.69 Å². The highest BCUT2D eigenvalue weighted by Gasteiger charge is 2.28. The Hall–Kier alpha value is -2.81. The molecular weight excluding hydrogens is 514 g/mol. The first kappa shape index (κ1) is 23.0. The van der Waals surface area contributed by atoms with Gasteiger partial charge in [0.15, 0.2) is 16.6 Å². The number of nitrogens with zero attached hydrogens (tertiary/aromatic N) is 3. The van der Waals surface area contributed by atoms with Gasteiger partial charge in [-0.2, -0.15) is 0 Å². The number of rotatable bonds is 5. The summed E-state index contributed by atoms with van der Waals surface area (Å²) in [5, 5.41) is 0.891. The number of aromatic nitrogens is 3. The molecule has 1 aliphatic heterocycles. The second-order valence-corrected chi connectivity index (χ2v) is 10.6. The SMILES string of the molecule is CC1(C)Cc2cc3c(=O)n(-c4ccccc4)c(SCC(=O)c4ccc(Br)cc4)nc3nc2CO1. The van der Waals surface area contributed by atoms with E-state index in [1.54, 1.807) is 16.7 Å². The minimum absolute atomic E-state index is 0.0412. The summed E-state index contributed by atoms with van der Waals surface area (Å²) in [6.45, 7) is 4.44. The number of hydrogen-bond donors (Lipinski definition) is 0. The highest BCUT2D eigenvalue weighted by molar-refractivity contribution is 9.10. The summed E-state index contributed by atoms with van der Waals surface area (Å²) in [5.74, 6) is 0.106. The van der Waals surface area contributed by atoms with Crippen LogP contribution in [0.3, 0.4) is 0 Å². The van der Waals surface area contributed by atoms with E-state index >= 15 is 0 Å². The van der Waals surface area contributed by atoms with Crippen molar-refractivity contribution in [3.63, 3.8) is 0 Å². The van der Waals surface area contributed by atoms with Crippen LogP contribution in [0.15, 0.2) is 75.1 Å². The molecule has 34 heavy (non-hydrogen) atoms. The monoisotopic (exact) mass is 535 g/mol. The predicted molar refractivity (Wildman–Crippen MR) is 137 cm³/mol. The van der Waals surface area contributed by atoms with Crippen molar-refractivity contribution in [1.29, 1.82) is 0 Å². The van der Waals surface area contributed by atoms with Crippen LogP contribution >= 0.6 is 27.7 Å². The van der Waals surface area contributed by atoms with E-state index in [0.717, 1.165) is 15.7 Å². The molecule has 2 aromatic carbocycles. The van der Waals surface area contributed by atoms with E-state index in [9.17, 15) is 9.59 Å². The number of fused-ring (bicyclic) bond motifs is 2. The molecule has 0 bridgehead atoms. The molecule has 8 heteroatoms.